The minimum Gasteiger partial charge on any atom is -0.374 e. The molecule has 8 nitrogen and oxygen atoms in total. The third-order valence-corrected chi connectivity index (χ3v) is 7.96. The van der Waals surface area contributed by atoms with E-state index in [0.717, 1.165) is 71.7 Å². The number of morpholine rings is 2. The number of carbonyl (C=O) groups is 2. The van der Waals surface area contributed by atoms with Crippen LogP contribution in [0.3, 0.4) is 0 Å². The van der Waals surface area contributed by atoms with Crippen molar-refractivity contribution in [1.29, 1.82) is 0 Å². The van der Waals surface area contributed by atoms with Gasteiger partial charge in [-0.25, -0.2) is 0 Å². The number of hydrogen-bond donors (Lipinski definition) is 0. The molecule has 0 N–H and O–H groups in total. The Kier molecular flexibility index (Phi) is 14.6. The van der Waals surface area contributed by atoms with Gasteiger partial charge in [-0.2, -0.15) is 0 Å². The molecule has 2 aliphatic heterocycles. The van der Waals surface area contributed by atoms with Crippen molar-refractivity contribution in [3.8, 4) is 0 Å². The molecule has 2 aliphatic rings. The molecular formula is C30H58N4O4. The first kappa shape index (κ1) is 33.0. The van der Waals surface area contributed by atoms with Gasteiger partial charge in [0.05, 0.1) is 25.4 Å². The lowest BCUT2D eigenvalue weighted by Crippen LogP contribution is -2.49. The second kappa shape index (κ2) is 16.8. The Morgan fingerprint density at radius 3 is 1.92 bits per heavy atom. The Hall–Kier alpha value is -1.22. The van der Waals surface area contributed by atoms with Crippen molar-refractivity contribution in [2.24, 2.45) is 23.7 Å². The summed E-state index contributed by atoms with van der Waals surface area (Å²) in [6.45, 7) is 21.5. The fraction of sp³-hybridized carbons (Fsp3) is 0.933. The van der Waals surface area contributed by atoms with E-state index in [2.05, 4.69) is 37.5 Å². The van der Waals surface area contributed by atoms with Crippen molar-refractivity contribution in [3.63, 3.8) is 0 Å². The summed E-state index contributed by atoms with van der Waals surface area (Å²) in [5.74, 6) is 1.73. The molecule has 2 fully saturated rings. The van der Waals surface area contributed by atoms with Crippen molar-refractivity contribution in [3.05, 3.63) is 0 Å². The lowest BCUT2D eigenvalue weighted by Gasteiger charge is -2.36. The van der Waals surface area contributed by atoms with Gasteiger partial charge in [-0.3, -0.25) is 19.4 Å². The van der Waals surface area contributed by atoms with Crippen molar-refractivity contribution < 1.29 is 19.1 Å². The van der Waals surface area contributed by atoms with Crippen LogP contribution in [0.5, 0.6) is 0 Å². The molecule has 0 aliphatic carbocycles. The molecule has 38 heavy (non-hydrogen) atoms. The first-order valence-electron chi connectivity index (χ1n) is 15.1. The zero-order chi connectivity index (χ0) is 28.2. The van der Waals surface area contributed by atoms with Gasteiger partial charge in [0.15, 0.2) is 0 Å². The van der Waals surface area contributed by atoms with Gasteiger partial charge in [-0.15, -0.1) is 0 Å². The summed E-state index contributed by atoms with van der Waals surface area (Å²) in [6, 6.07) is 0. The normalized spacial score (nSPS) is 23.0. The number of hydrogen-bond acceptors (Lipinski definition) is 6. The van der Waals surface area contributed by atoms with Gasteiger partial charge in [0.1, 0.15) is 0 Å². The van der Waals surface area contributed by atoms with E-state index in [-0.39, 0.29) is 35.9 Å². The molecule has 2 heterocycles. The van der Waals surface area contributed by atoms with Gasteiger partial charge in [-0.1, -0.05) is 41.5 Å². The van der Waals surface area contributed by atoms with E-state index >= 15 is 0 Å². The van der Waals surface area contributed by atoms with Crippen LogP contribution in [0.2, 0.25) is 0 Å². The quantitative estimate of drug-likeness (QED) is 0.318. The summed E-state index contributed by atoms with van der Waals surface area (Å²) < 4.78 is 11.9. The van der Waals surface area contributed by atoms with E-state index in [1.807, 2.05) is 37.7 Å². The van der Waals surface area contributed by atoms with Gasteiger partial charge in [0.2, 0.25) is 11.8 Å². The fourth-order valence-corrected chi connectivity index (χ4v) is 5.74. The minimum atomic E-state index is 0.0195. The van der Waals surface area contributed by atoms with Gasteiger partial charge in [0, 0.05) is 71.7 Å². The van der Waals surface area contributed by atoms with Gasteiger partial charge < -0.3 is 19.3 Å². The number of carbonyl (C=O) groups excluding carboxylic acids is 2. The standard InChI is InChI=1S/C30H58N4O4/c1-23(2)18-34-15-17-38-28(22-34)20-32(8)30(36)26(6)12-11-25(5)10-9-13-33-14-16-37-27(21-33)19-31(7)29(35)24(3)4/h23-28H,9-22H2,1-8H3/t25?,26?,27?,28-/m0/s1. The zero-order valence-corrected chi connectivity index (χ0v) is 25.8. The molecule has 0 aromatic rings. The molecule has 0 aromatic heterocycles. The SMILES string of the molecule is CC(C)CN1CCO[C@@H](CN(C)C(=O)C(C)CCC(C)CCCN2CCOC(CN(C)C(=O)C(C)C)C2)C1. The zero-order valence-electron chi connectivity index (χ0n) is 25.8. The van der Waals surface area contributed by atoms with Crippen LogP contribution < -0.4 is 0 Å². The van der Waals surface area contributed by atoms with Gasteiger partial charge >= 0.3 is 0 Å². The largest absolute Gasteiger partial charge is 0.374 e. The second-order valence-electron chi connectivity index (χ2n) is 12.8. The van der Waals surface area contributed by atoms with E-state index < -0.39 is 0 Å². The van der Waals surface area contributed by atoms with E-state index in [1.54, 1.807) is 0 Å². The average molecular weight is 539 g/mol. The van der Waals surface area contributed by atoms with Crippen LogP contribution in [-0.2, 0) is 19.1 Å². The highest BCUT2D eigenvalue weighted by molar-refractivity contribution is 5.78. The summed E-state index contributed by atoms with van der Waals surface area (Å²) in [5.41, 5.74) is 0. The van der Waals surface area contributed by atoms with Crippen molar-refractivity contribution in [1.82, 2.24) is 19.6 Å². The lowest BCUT2D eigenvalue weighted by atomic mass is 9.94. The third-order valence-electron chi connectivity index (χ3n) is 7.96. The second-order valence-corrected chi connectivity index (χ2v) is 12.8. The van der Waals surface area contributed by atoms with E-state index in [0.29, 0.717) is 24.9 Å². The maximum Gasteiger partial charge on any atom is 0.225 e. The Balaban J connectivity index is 1.63. The predicted molar refractivity (Wildman–Crippen MR) is 154 cm³/mol. The Morgan fingerprint density at radius 1 is 0.789 bits per heavy atom. The molecule has 2 rings (SSSR count). The van der Waals surface area contributed by atoms with Crippen LogP contribution in [0, 0.1) is 23.7 Å². The minimum absolute atomic E-state index is 0.0195. The number of amides is 2. The predicted octanol–water partition coefficient (Wildman–Crippen LogP) is 3.45. The van der Waals surface area contributed by atoms with E-state index in [4.69, 9.17) is 9.47 Å². The van der Waals surface area contributed by atoms with Crippen LogP contribution in [-0.4, -0.2) is 123 Å². The van der Waals surface area contributed by atoms with E-state index in [9.17, 15) is 9.59 Å². The summed E-state index contributed by atoms with van der Waals surface area (Å²) in [5, 5.41) is 0. The molecule has 0 radical (unpaired) electrons. The molecule has 0 saturated carbocycles. The molecule has 0 aromatic carbocycles. The summed E-state index contributed by atoms with van der Waals surface area (Å²) in [6.07, 6.45) is 4.55. The van der Waals surface area contributed by atoms with Crippen LogP contribution in [0.25, 0.3) is 0 Å². The van der Waals surface area contributed by atoms with Crippen molar-refractivity contribution in [2.75, 3.05) is 79.7 Å². The van der Waals surface area contributed by atoms with Crippen molar-refractivity contribution >= 4 is 11.8 Å². The maximum atomic E-state index is 13.0. The Morgan fingerprint density at radius 2 is 1.34 bits per heavy atom. The summed E-state index contributed by atoms with van der Waals surface area (Å²) in [7, 11) is 3.81. The van der Waals surface area contributed by atoms with Crippen LogP contribution in [0.1, 0.15) is 67.2 Å². The molecule has 3 unspecified atom stereocenters. The van der Waals surface area contributed by atoms with Gasteiger partial charge in [-0.05, 0) is 44.1 Å². The molecule has 0 bridgehead atoms. The summed E-state index contributed by atoms with van der Waals surface area (Å²) >= 11 is 0. The lowest BCUT2D eigenvalue weighted by molar-refractivity contribution is -0.137. The van der Waals surface area contributed by atoms with Gasteiger partial charge in [0.25, 0.3) is 0 Å². The van der Waals surface area contributed by atoms with Crippen LogP contribution >= 0.6 is 0 Å². The summed E-state index contributed by atoms with van der Waals surface area (Å²) in [4.78, 5) is 33.8. The van der Waals surface area contributed by atoms with Crippen LogP contribution in [0.15, 0.2) is 0 Å². The maximum absolute atomic E-state index is 13.0. The smallest absolute Gasteiger partial charge is 0.225 e. The topological polar surface area (TPSA) is 65.6 Å². The Labute approximate surface area is 233 Å². The highest BCUT2D eigenvalue weighted by Gasteiger charge is 2.26. The molecule has 2 amide bonds. The fourth-order valence-electron chi connectivity index (χ4n) is 5.74. The molecule has 2 saturated heterocycles. The molecule has 0 spiro atoms. The molecule has 4 atom stereocenters. The molecular weight excluding hydrogens is 480 g/mol. The number of ether oxygens (including phenoxy) is 2. The molecule has 222 valence electrons. The first-order chi connectivity index (χ1) is 18.0. The number of rotatable bonds is 15. The Bertz CT molecular complexity index is 704. The molecule has 8 heteroatoms. The highest BCUT2D eigenvalue weighted by Crippen LogP contribution is 2.20. The van der Waals surface area contributed by atoms with Crippen LogP contribution in [0.4, 0.5) is 0 Å². The number of likely N-dealkylation sites (N-methyl/N-ethyl adjacent to an activating group) is 2. The monoisotopic (exact) mass is 538 g/mol. The van der Waals surface area contributed by atoms with Crippen molar-refractivity contribution in [2.45, 2.75) is 79.4 Å². The first-order valence-corrected chi connectivity index (χ1v) is 15.1. The highest BCUT2D eigenvalue weighted by atomic mass is 16.5. The third kappa shape index (κ3) is 11.9. The van der Waals surface area contributed by atoms with E-state index in [1.165, 1.54) is 6.42 Å². The average Bonchev–Trinajstić information content (AvgIpc) is 2.86. The number of nitrogens with zero attached hydrogens (tertiary/aromatic N) is 4.